The minimum absolute atomic E-state index is 0.133. The monoisotopic (exact) mass is 257 g/mol. The fourth-order valence-corrected chi connectivity index (χ4v) is 1.81. The molecule has 0 aliphatic heterocycles. The molecule has 0 rings (SSSR count). The van der Waals surface area contributed by atoms with Crippen LogP contribution in [0.15, 0.2) is 0 Å². The Morgan fingerprint density at radius 2 is 1.39 bits per heavy atom. The van der Waals surface area contributed by atoms with E-state index in [1.807, 2.05) is 6.92 Å². The second-order valence-corrected chi connectivity index (χ2v) is 4.68. The first-order chi connectivity index (χ1) is 8.66. The fourth-order valence-electron chi connectivity index (χ4n) is 1.81. The Hall–Kier alpha value is -1.06. The second kappa shape index (κ2) is 12.4. The molecule has 4 nitrogen and oxygen atoms in total. The van der Waals surface area contributed by atoms with Crippen LogP contribution in [0, 0.1) is 0 Å². The highest BCUT2D eigenvalue weighted by molar-refractivity contribution is 5.75. The van der Waals surface area contributed by atoms with Crippen LogP contribution in [-0.4, -0.2) is 23.5 Å². The van der Waals surface area contributed by atoms with Gasteiger partial charge in [0.05, 0.1) is 0 Å². The number of nitrogens with one attached hydrogen (secondary N) is 1. The minimum Gasteiger partial charge on any atom is -0.481 e. The molecular weight excluding hydrogens is 230 g/mol. The van der Waals surface area contributed by atoms with Crippen LogP contribution < -0.4 is 5.32 Å². The summed E-state index contributed by atoms with van der Waals surface area (Å²) in [5, 5.41) is 11.3. The molecule has 0 saturated carbocycles. The summed E-state index contributed by atoms with van der Waals surface area (Å²) in [4.78, 5) is 21.2. The van der Waals surface area contributed by atoms with E-state index >= 15 is 0 Å². The van der Waals surface area contributed by atoms with Crippen molar-refractivity contribution in [2.45, 2.75) is 71.1 Å². The van der Waals surface area contributed by atoms with Gasteiger partial charge in [-0.2, -0.15) is 0 Å². The van der Waals surface area contributed by atoms with Gasteiger partial charge in [0.2, 0.25) is 5.91 Å². The average Bonchev–Trinajstić information content (AvgIpc) is 2.35. The molecule has 0 unspecified atom stereocenters. The highest BCUT2D eigenvalue weighted by Crippen LogP contribution is 2.09. The van der Waals surface area contributed by atoms with Crippen LogP contribution in [0.5, 0.6) is 0 Å². The van der Waals surface area contributed by atoms with E-state index in [1.54, 1.807) is 0 Å². The van der Waals surface area contributed by atoms with E-state index in [4.69, 9.17) is 5.11 Å². The first-order valence-corrected chi connectivity index (χ1v) is 7.15. The zero-order chi connectivity index (χ0) is 13.6. The third-order valence-electron chi connectivity index (χ3n) is 2.96. The molecule has 0 aromatic rings. The molecule has 2 N–H and O–H groups in total. The highest BCUT2D eigenvalue weighted by Gasteiger charge is 1.97. The van der Waals surface area contributed by atoms with Crippen LogP contribution >= 0.6 is 0 Å². The van der Waals surface area contributed by atoms with Crippen molar-refractivity contribution < 1.29 is 14.7 Å². The maximum absolute atomic E-state index is 10.9. The molecule has 0 aromatic carbocycles. The maximum Gasteiger partial charge on any atom is 0.303 e. The lowest BCUT2D eigenvalue weighted by Crippen LogP contribution is -2.23. The number of carboxylic acid groups (broad SMARTS) is 1. The van der Waals surface area contributed by atoms with Crippen molar-refractivity contribution in [3.05, 3.63) is 0 Å². The van der Waals surface area contributed by atoms with Crippen LogP contribution in [0.25, 0.3) is 0 Å². The summed E-state index contributed by atoms with van der Waals surface area (Å²) >= 11 is 0. The van der Waals surface area contributed by atoms with Crippen molar-refractivity contribution >= 4 is 11.9 Å². The van der Waals surface area contributed by atoms with Crippen LogP contribution in [0.2, 0.25) is 0 Å². The van der Waals surface area contributed by atoms with Crippen molar-refractivity contribution in [3.8, 4) is 0 Å². The van der Waals surface area contributed by atoms with Gasteiger partial charge in [0.15, 0.2) is 0 Å². The predicted molar refractivity (Wildman–Crippen MR) is 72.5 cm³/mol. The van der Waals surface area contributed by atoms with Crippen LogP contribution in [0.4, 0.5) is 0 Å². The third-order valence-corrected chi connectivity index (χ3v) is 2.96. The van der Waals surface area contributed by atoms with E-state index in [-0.39, 0.29) is 5.91 Å². The summed E-state index contributed by atoms with van der Waals surface area (Å²) in [6.45, 7) is 2.66. The van der Waals surface area contributed by atoms with Crippen molar-refractivity contribution in [1.82, 2.24) is 5.32 Å². The Labute approximate surface area is 110 Å². The van der Waals surface area contributed by atoms with E-state index in [9.17, 15) is 9.59 Å². The van der Waals surface area contributed by atoms with Gasteiger partial charge in [-0.3, -0.25) is 9.59 Å². The lowest BCUT2D eigenvalue weighted by Gasteiger charge is -2.03. The number of carboxylic acids is 1. The number of carbonyl (C=O) groups excluding carboxylic acids is 1. The van der Waals surface area contributed by atoms with Crippen molar-refractivity contribution in [1.29, 1.82) is 0 Å². The molecule has 1 amide bonds. The smallest absolute Gasteiger partial charge is 0.303 e. The first kappa shape index (κ1) is 16.9. The van der Waals surface area contributed by atoms with Crippen LogP contribution in [0.1, 0.15) is 71.1 Å². The molecule has 0 bridgehead atoms. The van der Waals surface area contributed by atoms with Gasteiger partial charge in [-0.05, 0) is 12.8 Å². The Kier molecular flexibility index (Phi) is 11.7. The SMILES string of the molecule is CCC(=O)NCCCCCCCCCCC(=O)O. The number of amides is 1. The number of aliphatic carboxylic acids is 1. The molecule has 0 fully saturated rings. The summed E-state index contributed by atoms with van der Waals surface area (Å²) in [5.41, 5.74) is 0. The molecule has 18 heavy (non-hydrogen) atoms. The van der Waals surface area contributed by atoms with Gasteiger partial charge < -0.3 is 10.4 Å². The number of hydrogen-bond acceptors (Lipinski definition) is 2. The highest BCUT2D eigenvalue weighted by atomic mass is 16.4. The molecular formula is C14H27NO3. The van der Waals surface area contributed by atoms with Gasteiger partial charge in [0.25, 0.3) is 0 Å². The average molecular weight is 257 g/mol. The van der Waals surface area contributed by atoms with Gasteiger partial charge in [0.1, 0.15) is 0 Å². The Balaban J connectivity index is 3.03. The van der Waals surface area contributed by atoms with E-state index in [0.717, 1.165) is 32.2 Å². The quantitative estimate of drug-likeness (QED) is 0.528. The Morgan fingerprint density at radius 3 is 1.89 bits per heavy atom. The van der Waals surface area contributed by atoms with E-state index in [1.165, 1.54) is 25.7 Å². The van der Waals surface area contributed by atoms with E-state index in [2.05, 4.69) is 5.32 Å². The maximum atomic E-state index is 10.9. The van der Waals surface area contributed by atoms with E-state index < -0.39 is 5.97 Å². The fraction of sp³-hybridized carbons (Fsp3) is 0.857. The molecule has 0 atom stereocenters. The van der Waals surface area contributed by atoms with E-state index in [0.29, 0.717) is 12.8 Å². The molecule has 0 spiro atoms. The van der Waals surface area contributed by atoms with Gasteiger partial charge in [-0.25, -0.2) is 0 Å². The van der Waals surface area contributed by atoms with Crippen LogP contribution in [0.3, 0.4) is 0 Å². The molecule has 4 heteroatoms. The number of hydrogen-bond donors (Lipinski definition) is 2. The zero-order valence-electron chi connectivity index (χ0n) is 11.5. The number of carbonyl (C=O) groups is 2. The normalized spacial score (nSPS) is 10.3. The Morgan fingerprint density at radius 1 is 0.889 bits per heavy atom. The minimum atomic E-state index is -0.691. The van der Waals surface area contributed by atoms with Crippen molar-refractivity contribution in [3.63, 3.8) is 0 Å². The predicted octanol–water partition coefficient (Wildman–Crippen LogP) is 3.11. The standard InChI is InChI=1S/C14H27NO3/c1-2-13(16)15-12-10-8-6-4-3-5-7-9-11-14(17)18/h2-12H2,1H3,(H,15,16)(H,17,18). The molecule has 0 saturated heterocycles. The lowest BCUT2D eigenvalue weighted by atomic mass is 10.1. The summed E-state index contributed by atoms with van der Waals surface area (Å²) in [6, 6.07) is 0. The molecule has 0 aliphatic rings. The van der Waals surface area contributed by atoms with Gasteiger partial charge in [0, 0.05) is 19.4 Å². The third kappa shape index (κ3) is 13.0. The first-order valence-electron chi connectivity index (χ1n) is 7.15. The lowest BCUT2D eigenvalue weighted by molar-refractivity contribution is -0.137. The topological polar surface area (TPSA) is 66.4 Å². The summed E-state index contributed by atoms with van der Waals surface area (Å²) in [5.74, 6) is -0.558. The molecule has 0 aliphatic carbocycles. The van der Waals surface area contributed by atoms with Gasteiger partial charge in [-0.15, -0.1) is 0 Å². The van der Waals surface area contributed by atoms with Gasteiger partial charge >= 0.3 is 5.97 Å². The largest absolute Gasteiger partial charge is 0.481 e. The van der Waals surface area contributed by atoms with Crippen molar-refractivity contribution in [2.24, 2.45) is 0 Å². The molecule has 0 aromatic heterocycles. The Bertz CT molecular complexity index is 229. The van der Waals surface area contributed by atoms with Crippen molar-refractivity contribution in [2.75, 3.05) is 6.54 Å². The second-order valence-electron chi connectivity index (χ2n) is 4.68. The summed E-state index contributed by atoms with van der Waals surface area (Å²) in [7, 11) is 0. The summed E-state index contributed by atoms with van der Waals surface area (Å²) in [6.07, 6.45) is 9.69. The van der Waals surface area contributed by atoms with Gasteiger partial charge in [-0.1, -0.05) is 45.4 Å². The zero-order valence-corrected chi connectivity index (χ0v) is 11.5. The number of rotatable bonds is 12. The molecule has 106 valence electrons. The summed E-state index contributed by atoms with van der Waals surface area (Å²) < 4.78 is 0. The molecule has 0 heterocycles. The van der Waals surface area contributed by atoms with Crippen LogP contribution in [-0.2, 0) is 9.59 Å². The molecule has 0 radical (unpaired) electrons. The number of unbranched alkanes of at least 4 members (excludes halogenated alkanes) is 7.